The predicted octanol–water partition coefficient (Wildman–Crippen LogP) is 6.23. The van der Waals surface area contributed by atoms with Gasteiger partial charge in [-0.3, -0.25) is 14.5 Å². The number of amides is 2. The first-order chi connectivity index (χ1) is 18.8. The fourth-order valence-corrected chi connectivity index (χ4v) is 6.26. The van der Waals surface area contributed by atoms with Crippen molar-refractivity contribution < 1.29 is 35.9 Å². The van der Waals surface area contributed by atoms with Crippen molar-refractivity contribution in [3.05, 3.63) is 70.8 Å². The molecule has 2 aromatic rings. The minimum atomic E-state index is -4.98. The second-order valence-electron chi connectivity index (χ2n) is 10.8. The molecule has 3 N–H and O–H groups in total. The van der Waals surface area contributed by atoms with E-state index in [0.717, 1.165) is 32.1 Å². The van der Waals surface area contributed by atoms with E-state index in [-0.39, 0.29) is 23.5 Å². The van der Waals surface area contributed by atoms with Crippen molar-refractivity contribution in [2.45, 2.75) is 69.9 Å². The average molecular weight is 570 g/mol. The lowest BCUT2D eigenvalue weighted by Gasteiger charge is -2.47. The molecule has 1 saturated carbocycles. The number of carbonyl (C=O) groups excluding carboxylic acids is 2. The van der Waals surface area contributed by atoms with Gasteiger partial charge in [-0.1, -0.05) is 49.6 Å². The summed E-state index contributed by atoms with van der Waals surface area (Å²) in [5, 5.41) is 2.55. The lowest BCUT2D eigenvalue weighted by Crippen LogP contribution is -2.53. The molecular weight excluding hydrogens is 536 g/mol. The van der Waals surface area contributed by atoms with Crippen molar-refractivity contribution in [2.75, 3.05) is 13.1 Å². The minimum absolute atomic E-state index is 0.0587. The van der Waals surface area contributed by atoms with Crippen LogP contribution in [-0.2, 0) is 28.5 Å². The summed E-state index contributed by atoms with van der Waals surface area (Å²) in [6.07, 6.45) is -3.92. The number of nitrogens with two attached hydrogens (primary N) is 1. The Morgan fingerprint density at radius 1 is 0.900 bits per heavy atom. The maximum atomic E-state index is 13.5. The van der Waals surface area contributed by atoms with Crippen molar-refractivity contribution in [1.29, 1.82) is 0 Å². The number of alkyl halides is 6. The monoisotopic (exact) mass is 569 g/mol. The summed E-state index contributed by atoms with van der Waals surface area (Å²) in [6, 6.07) is 9.20. The summed E-state index contributed by atoms with van der Waals surface area (Å²) in [6.45, 7) is 0.276. The molecule has 0 aromatic heterocycles. The van der Waals surface area contributed by atoms with Crippen LogP contribution in [0.1, 0.15) is 73.2 Å². The van der Waals surface area contributed by atoms with Crippen molar-refractivity contribution in [3.63, 3.8) is 0 Å². The largest absolute Gasteiger partial charge is 0.416 e. The number of halogens is 6. The lowest BCUT2D eigenvalue weighted by molar-refractivity contribution is -0.143. The number of benzene rings is 2. The van der Waals surface area contributed by atoms with Gasteiger partial charge in [-0.2, -0.15) is 26.3 Å². The van der Waals surface area contributed by atoms with Crippen molar-refractivity contribution in [2.24, 2.45) is 17.1 Å². The molecule has 0 radical (unpaired) electrons. The van der Waals surface area contributed by atoms with Gasteiger partial charge in [0.25, 0.3) is 0 Å². The molecule has 2 fully saturated rings. The van der Waals surface area contributed by atoms with Gasteiger partial charge in [0.05, 0.1) is 16.5 Å². The number of primary amides is 1. The predicted molar refractivity (Wildman–Crippen MR) is 136 cm³/mol. The summed E-state index contributed by atoms with van der Waals surface area (Å²) >= 11 is 0. The molecule has 1 saturated heterocycles. The highest BCUT2D eigenvalue weighted by molar-refractivity contribution is 5.84. The maximum Gasteiger partial charge on any atom is 0.416 e. The van der Waals surface area contributed by atoms with E-state index < -0.39 is 47.4 Å². The van der Waals surface area contributed by atoms with E-state index in [2.05, 4.69) is 5.32 Å². The summed E-state index contributed by atoms with van der Waals surface area (Å²) in [4.78, 5) is 28.1. The summed E-state index contributed by atoms with van der Waals surface area (Å²) in [5.41, 5.74) is 2.71. The van der Waals surface area contributed by atoms with E-state index in [1.807, 2.05) is 4.90 Å². The number of carbonyl (C=O) groups is 2. The maximum absolute atomic E-state index is 13.5. The second-order valence-corrected chi connectivity index (χ2v) is 10.8. The van der Waals surface area contributed by atoms with Gasteiger partial charge in [-0.25, -0.2) is 0 Å². The van der Waals surface area contributed by atoms with Crippen LogP contribution in [0.15, 0.2) is 48.5 Å². The van der Waals surface area contributed by atoms with Crippen LogP contribution < -0.4 is 11.1 Å². The van der Waals surface area contributed by atoms with Crippen LogP contribution in [0.5, 0.6) is 0 Å². The molecule has 4 rings (SSSR count). The van der Waals surface area contributed by atoms with Crippen LogP contribution in [0.2, 0.25) is 0 Å². The van der Waals surface area contributed by atoms with Gasteiger partial charge >= 0.3 is 12.4 Å². The van der Waals surface area contributed by atoms with E-state index in [1.54, 1.807) is 30.3 Å². The molecule has 1 heterocycles. The van der Waals surface area contributed by atoms with E-state index in [0.29, 0.717) is 43.6 Å². The number of hydrogen-bond acceptors (Lipinski definition) is 3. The van der Waals surface area contributed by atoms with Crippen molar-refractivity contribution in [1.82, 2.24) is 10.2 Å². The molecule has 1 aliphatic heterocycles. The van der Waals surface area contributed by atoms with E-state index in [9.17, 15) is 35.9 Å². The normalized spacial score (nSPS) is 19.6. The van der Waals surface area contributed by atoms with E-state index in [1.165, 1.54) is 0 Å². The Labute approximate surface area is 229 Å². The Bertz CT molecular complexity index is 1150. The first kappa shape index (κ1) is 29.9. The zero-order valence-corrected chi connectivity index (χ0v) is 22.0. The highest BCUT2D eigenvalue weighted by Gasteiger charge is 2.47. The highest BCUT2D eigenvalue weighted by atomic mass is 19.4. The summed E-state index contributed by atoms with van der Waals surface area (Å²) in [5.74, 6) is -0.695. The van der Waals surface area contributed by atoms with Crippen molar-refractivity contribution in [3.8, 4) is 0 Å². The number of hydrogen-bond donors (Lipinski definition) is 2. The zero-order valence-electron chi connectivity index (χ0n) is 22.0. The molecule has 1 atom stereocenters. The van der Waals surface area contributed by atoms with Gasteiger partial charge < -0.3 is 11.1 Å². The molecule has 11 heteroatoms. The van der Waals surface area contributed by atoms with Gasteiger partial charge in [0.1, 0.15) is 6.04 Å². The Morgan fingerprint density at radius 2 is 1.45 bits per heavy atom. The molecular formula is C29H33F6N3O2. The van der Waals surface area contributed by atoms with Crippen molar-refractivity contribution >= 4 is 11.8 Å². The standard InChI is InChI=1S/C29H33F6N3O2/c30-28(31,32)22-15-19(16-23(17-22)29(33,34)35)18-37-25(39)24(20-7-3-1-4-8-20)38-13-11-27(12-14-38,26(36)40)21-9-5-2-6-10-21/h1,3-4,7-8,15-17,21,24H,2,5-6,9-14,18H2,(H2,36,40)(H,37,39). The van der Waals surface area contributed by atoms with Crippen LogP contribution in [-0.4, -0.2) is 29.8 Å². The Hall–Kier alpha value is -3.08. The van der Waals surface area contributed by atoms with E-state index in [4.69, 9.17) is 5.73 Å². The molecule has 218 valence electrons. The fraction of sp³-hybridized carbons (Fsp3) is 0.517. The zero-order chi connectivity index (χ0) is 29.1. The number of nitrogens with one attached hydrogen (secondary N) is 1. The van der Waals surface area contributed by atoms with Crippen LogP contribution in [0.4, 0.5) is 26.3 Å². The molecule has 2 aliphatic rings. The first-order valence-electron chi connectivity index (χ1n) is 13.5. The third-order valence-electron chi connectivity index (χ3n) is 8.41. The fourth-order valence-electron chi connectivity index (χ4n) is 6.26. The summed E-state index contributed by atoms with van der Waals surface area (Å²) in [7, 11) is 0. The number of nitrogens with zero attached hydrogens (tertiary/aromatic N) is 1. The van der Waals surface area contributed by atoms with Crippen LogP contribution in [0.3, 0.4) is 0 Å². The SMILES string of the molecule is NC(=O)C1(C2CCCCC2)CCN(C(C(=O)NCc2cc(C(F)(F)F)cc(C(F)(F)F)c2)c2ccccc2)CC1. The van der Waals surface area contributed by atoms with Gasteiger partial charge in [0.15, 0.2) is 0 Å². The molecule has 0 bridgehead atoms. The number of likely N-dealkylation sites (tertiary alicyclic amines) is 1. The first-order valence-corrected chi connectivity index (χ1v) is 13.5. The molecule has 1 aliphatic carbocycles. The Kier molecular flexibility index (Phi) is 8.82. The molecule has 1 unspecified atom stereocenters. The minimum Gasteiger partial charge on any atom is -0.369 e. The van der Waals surface area contributed by atoms with Gasteiger partial charge in [0, 0.05) is 19.6 Å². The Morgan fingerprint density at radius 3 is 1.95 bits per heavy atom. The number of piperidine rings is 1. The topological polar surface area (TPSA) is 75.4 Å². The lowest BCUT2D eigenvalue weighted by atomic mass is 9.63. The molecule has 2 aromatic carbocycles. The quantitative estimate of drug-likeness (QED) is 0.389. The molecule has 40 heavy (non-hydrogen) atoms. The third kappa shape index (κ3) is 6.62. The molecule has 5 nitrogen and oxygen atoms in total. The second kappa shape index (κ2) is 11.8. The van der Waals surface area contributed by atoms with E-state index >= 15 is 0 Å². The number of rotatable bonds is 7. The Balaban J connectivity index is 1.54. The molecule has 0 spiro atoms. The van der Waals surface area contributed by atoms with Crippen LogP contribution in [0, 0.1) is 11.3 Å². The molecule has 2 amide bonds. The van der Waals surface area contributed by atoms with Crippen LogP contribution in [0.25, 0.3) is 0 Å². The smallest absolute Gasteiger partial charge is 0.369 e. The summed E-state index contributed by atoms with van der Waals surface area (Å²) < 4.78 is 79.7. The van der Waals surface area contributed by atoms with Gasteiger partial charge in [-0.05, 0) is 60.9 Å². The highest BCUT2D eigenvalue weighted by Crippen LogP contribution is 2.47. The van der Waals surface area contributed by atoms with Gasteiger partial charge in [-0.15, -0.1) is 0 Å². The average Bonchev–Trinajstić information content (AvgIpc) is 2.92. The van der Waals surface area contributed by atoms with Crippen LogP contribution >= 0.6 is 0 Å². The third-order valence-corrected chi connectivity index (χ3v) is 8.41. The van der Waals surface area contributed by atoms with Gasteiger partial charge in [0.2, 0.25) is 11.8 Å².